The van der Waals surface area contributed by atoms with Gasteiger partial charge in [-0.3, -0.25) is 9.97 Å². The van der Waals surface area contributed by atoms with Crippen LogP contribution in [0.5, 0.6) is 0 Å². The van der Waals surface area contributed by atoms with Crippen molar-refractivity contribution < 1.29 is 0 Å². The number of nitrogens with zero attached hydrogens (tertiary/aromatic N) is 2. The summed E-state index contributed by atoms with van der Waals surface area (Å²) in [6.07, 6.45) is 10.5. The van der Waals surface area contributed by atoms with Gasteiger partial charge in [-0.25, -0.2) is 0 Å². The van der Waals surface area contributed by atoms with Gasteiger partial charge in [-0.05, 0) is 48.6 Å². The van der Waals surface area contributed by atoms with Crippen LogP contribution in [0.2, 0.25) is 0 Å². The molecule has 4 heteroatoms. The van der Waals surface area contributed by atoms with Crippen LogP contribution in [0.25, 0.3) is 0 Å². The Hall–Kier alpha value is -1.45. The van der Waals surface area contributed by atoms with Crippen molar-refractivity contribution in [2.45, 2.75) is 31.8 Å². The topological polar surface area (TPSA) is 37.8 Å². The van der Waals surface area contributed by atoms with Gasteiger partial charge in [0.05, 0.1) is 0 Å². The van der Waals surface area contributed by atoms with Gasteiger partial charge in [0.15, 0.2) is 0 Å². The molecule has 0 saturated heterocycles. The molecule has 0 aromatic carbocycles. The van der Waals surface area contributed by atoms with E-state index in [4.69, 9.17) is 11.6 Å². The monoisotopic (exact) mass is 289 g/mol. The van der Waals surface area contributed by atoms with Crippen LogP contribution in [0.3, 0.4) is 0 Å². The summed E-state index contributed by atoms with van der Waals surface area (Å²) in [6.45, 7) is 0.857. The number of aromatic nitrogens is 2. The summed E-state index contributed by atoms with van der Waals surface area (Å²) in [5.41, 5.74) is 2.51. The minimum atomic E-state index is 0.422. The van der Waals surface area contributed by atoms with E-state index in [1.807, 2.05) is 43.0 Å². The molecule has 0 aliphatic heterocycles. The Kier molecular flexibility index (Phi) is 6.48. The number of halogens is 1. The molecule has 2 heterocycles. The molecular formula is C16H20ClN3. The summed E-state index contributed by atoms with van der Waals surface area (Å²) in [7, 11) is 0. The predicted molar refractivity (Wildman–Crippen MR) is 82.8 cm³/mol. The molecule has 0 radical (unpaired) electrons. The Labute approximate surface area is 125 Å². The maximum atomic E-state index is 5.82. The van der Waals surface area contributed by atoms with Crippen LogP contribution >= 0.6 is 11.6 Å². The summed E-state index contributed by atoms with van der Waals surface area (Å²) in [4.78, 5) is 8.21. The van der Waals surface area contributed by atoms with Gasteiger partial charge in [-0.15, -0.1) is 11.6 Å². The quantitative estimate of drug-likeness (QED) is 0.759. The summed E-state index contributed by atoms with van der Waals surface area (Å²) in [5.74, 6) is 0.709. The smallest absolute Gasteiger partial charge is 0.0300 e. The average Bonchev–Trinajstić information content (AvgIpc) is 2.52. The Morgan fingerprint density at radius 1 is 1.05 bits per heavy atom. The predicted octanol–water partition coefficient (Wildman–Crippen LogP) is 3.20. The highest BCUT2D eigenvalue weighted by Gasteiger charge is 2.09. The van der Waals surface area contributed by atoms with E-state index in [1.54, 1.807) is 0 Å². The highest BCUT2D eigenvalue weighted by molar-refractivity contribution is 6.17. The number of rotatable bonds is 8. The standard InChI is InChI=1S/C16H20ClN3/c17-7-1-4-16(11-15-3-2-8-19-12-15)20-13-14-5-9-18-10-6-14/h2-3,5-6,8-10,12,16,20H,1,4,7,11,13H2. The number of alkyl halides is 1. The van der Waals surface area contributed by atoms with E-state index in [9.17, 15) is 0 Å². The Bertz CT molecular complexity index is 476. The van der Waals surface area contributed by atoms with Crippen molar-refractivity contribution in [2.24, 2.45) is 0 Å². The van der Waals surface area contributed by atoms with E-state index in [1.165, 1.54) is 11.1 Å². The molecule has 0 saturated carbocycles. The molecule has 0 bridgehead atoms. The van der Waals surface area contributed by atoms with E-state index in [2.05, 4.69) is 21.4 Å². The molecule has 2 aromatic heterocycles. The van der Waals surface area contributed by atoms with E-state index in [0.29, 0.717) is 11.9 Å². The van der Waals surface area contributed by atoms with Crippen LogP contribution < -0.4 is 5.32 Å². The normalized spacial score (nSPS) is 12.2. The van der Waals surface area contributed by atoms with Crippen LogP contribution in [-0.2, 0) is 13.0 Å². The molecule has 0 fully saturated rings. The fraction of sp³-hybridized carbons (Fsp3) is 0.375. The van der Waals surface area contributed by atoms with Crippen LogP contribution in [0, 0.1) is 0 Å². The molecule has 3 nitrogen and oxygen atoms in total. The first-order valence-electron chi connectivity index (χ1n) is 6.95. The summed E-state index contributed by atoms with van der Waals surface area (Å²) < 4.78 is 0. The minimum absolute atomic E-state index is 0.422. The third kappa shape index (κ3) is 5.27. The fourth-order valence-electron chi connectivity index (χ4n) is 2.17. The van der Waals surface area contributed by atoms with Crippen molar-refractivity contribution in [3.8, 4) is 0 Å². The average molecular weight is 290 g/mol. The van der Waals surface area contributed by atoms with E-state index in [-0.39, 0.29) is 0 Å². The molecule has 20 heavy (non-hydrogen) atoms. The van der Waals surface area contributed by atoms with Crippen LogP contribution in [0.15, 0.2) is 49.1 Å². The van der Waals surface area contributed by atoms with Gasteiger partial charge in [0.25, 0.3) is 0 Å². The molecule has 1 unspecified atom stereocenters. The molecule has 2 rings (SSSR count). The highest BCUT2D eigenvalue weighted by Crippen LogP contribution is 2.08. The van der Waals surface area contributed by atoms with Crippen molar-refractivity contribution in [3.05, 3.63) is 60.2 Å². The first-order valence-corrected chi connectivity index (χ1v) is 7.49. The summed E-state index contributed by atoms with van der Waals surface area (Å²) in [5, 5.41) is 3.61. The molecule has 106 valence electrons. The van der Waals surface area contributed by atoms with E-state index in [0.717, 1.165) is 25.8 Å². The van der Waals surface area contributed by atoms with Gasteiger partial charge in [-0.1, -0.05) is 6.07 Å². The van der Waals surface area contributed by atoms with Crippen LogP contribution in [-0.4, -0.2) is 21.9 Å². The lowest BCUT2D eigenvalue weighted by Crippen LogP contribution is -2.31. The summed E-state index contributed by atoms with van der Waals surface area (Å²) in [6, 6.07) is 8.60. The maximum absolute atomic E-state index is 5.82. The van der Waals surface area contributed by atoms with Crippen LogP contribution in [0.1, 0.15) is 24.0 Å². The Morgan fingerprint density at radius 3 is 2.60 bits per heavy atom. The summed E-state index contributed by atoms with van der Waals surface area (Å²) >= 11 is 5.82. The van der Waals surface area contributed by atoms with E-state index < -0.39 is 0 Å². The molecule has 1 atom stereocenters. The zero-order valence-electron chi connectivity index (χ0n) is 11.5. The van der Waals surface area contributed by atoms with Crippen molar-refractivity contribution in [1.29, 1.82) is 0 Å². The van der Waals surface area contributed by atoms with Gasteiger partial charge < -0.3 is 5.32 Å². The van der Waals surface area contributed by atoms with Gasteiger partial charge in [0.1, 0.15) is 0 Å². The Balaban J connectivity index is 1.89. The molecular weight excluding hydrogens is 270 g/mol. The lowest BCUT2D eigenvalue weighted by Gasteiger charge is -2.18. The highest BCUT2D eigenvalue weighted by atomic mass is 35.5. The third-order valence-electron chi connectivity index (χ3n) is 3.24. The maximum Gasteiger partial charge on any atom is 0.0300 e. The minimum Gasteiger partial charge on any atom is -0.310 e. The third-order valence-corrected chi connectivity index (χ3v) is 3.50. The number of hydrogen-bond acceptors (Lipinski definition) is 3. The van der Waals surface area contributed by atoms with Crippen molar-refractivity contribution >= 4 is 11.6 Å². The zero-order valence-corrected chi connectivity index (χ0v) is 12.3. The second-order valence-corrected chi connectivity index (χ2v) is 5.21. The number of hydrogen-bond donors (Lipinski definition) is 1. The molecule has 1 N–H and O–H groups in total. The number of nitrogens with one attached hydrogen (secondary N) is 1. The van der Waals surface area contributed by atoms with Gasteiger partial charge >= 0.3 is 0 Å². The molecule has 0 spiro atoms. The van der Waals surface area contributed by atoms with Gasteiger partial charge in [0, 0.05) is 43.3 Å². The first kappa shape index (κ1) is 14.9. The second-order valence-electron chi connectivity index (χ2n) is 4.83. The first-order chi connectivity index (χ1) is 9.88. The largest absolute Gasteiger partial charge is 0.310 e. The lowest BCUT2D eigenvalue weighted by molar-refractivity contribution is 0.472. The molecule has 2 aromatic rings. The molecule has 0 aliphatic carbocycles. The number of pyridine rings is 2. The van der Waals surface area contributed by atoms with Crippen LogP contribution in [0.4, 0.5) is 0 Å². The van der Waals surface area contributed by atoms with Gasteiger partial charge in [-0.2, -0.15) is 0 Å². The zero-order chi connectivity index (χ0) is 14.0. The Morgan fingerprint density at radius 2 is 1.90 bits per heavy atom. The van der Waals surface area contributed by atoms with Crippen molar-refractivity contribution in [1.82, 2.24) is 15.3 Å². The lowest BCUT2D eigenvalue weighted by atomic mass is 10.0. The SMILES string of the molecule is ClCCCC(Cc1cccnc1)NCc1ccncc1. The molecule has 0 aliphatic rings. The fourth-order valence-corrected chi connectivity index (χ4v) is 2.32. The second kappa shape index (κ2) is 8.67. The van der Waals surface area contributed by atoms with Crippen molar-refractivity contribution in [3.63, 3.8) is 0 Å². The van der Waals surface area contributed by atoms with Gasteiger partial charge in [0.2, 0.25) is 0 Å². The van der Waals surface area contributed by atoms with Crippen molar-refractivity contribution in [2.75, 3.05) is 5.88 Å². The molecule has 0 amide bonds. The van der Waals surface area contributed by atoms with E-state index >= 15 is 0 Å².